The fourth-order valence-electron chi connectivity index (χ4n) is 2.50. The average Bonchev–Trinajstić information content (AvgIpc) is 2.76. The summed E-state index contributed by atoms with van der Waals surface area (Å²) < 4.78 is 0. The summed E-state index contributed by atoms with van der Waals surface area (Å²) in [6.45, 7) is 7.71. The number of likely N-dealkylation sites (tertiary alicyclic amines) is 1. The van der Waals surface area contributed by atoms with Crippen molar-refractivity contribution in [2.45, 2.75) is 46.1 Å². The Morgan fingerprint density at radius 1 is 1.47 bits per heavy atom. The monoisotopic (exact) mass is 280 g/mol. The summed E-state index contributed by atoms with van der Waals surface area (Å²) in [5.41, 5.74) is 6.66. The minimum Gasteiger partial charge on any atom is -0.383 e. The van der Waals surface area contributed by atoms with Crippen molar-refractivity contribution in [3.8, 4) is 0 Å². The normalized spacial score (nSPS) is 17.8. The van der Waals surface area contributed by atoms with Crippen LogP contribution >= 0.6 is 11.3 Å². The molecule has 0 saturated carbocycles. The number of nitrogens with two attached hydrogens (primary N) is 1. The van der Waals surface area contributed by atoms with Crippen LogP contribution in [0.2, 0.25) is 0 Å². The summed E-state index contributed by atoms with van der Waals surface area (Å²) in [4.78, 5) is 8.04. The molecule has 2 heterocycles. The summed E-state index contributed by atoms with van der Waals surface area (Å²) in [5.74, 6) is 1.02. The summed E-state index contributed by atoms with van der Waals surface area (Å²) in [6.07, 6.45) is 4.53. The molecule has 1 aromatic heterocycles. The second-order valence-corrected chi connectivity index (χ2v) is 6.59. The Morgan fingerprint density at radius 2 is 2.16 bits per heavy atom. The fraction of sp³-hybridized carbons (Fsp3) is 0.714. The number of hydrogen-bond acceptors (Lipinski definition) is 4. The molecule has 5 heteroatoms. The zero-order valence-corrected chi connectivity index (χ0v) is 12.7. The molecular formula is C14H24N4S. The van der Waals surface area contributed by atoms with Crippen LogP contribution in [-0.2, 0) is 13.0 Å². The average molecular weight is 280 g/mol. The molecule has 0 bridgehead atoms. The second-order valence-electron chi connectivity index (χ2n) is 5.51. The van der Waals surface area contributed by atoms with Gasteiger partial charge in [-0.25, -0.2) is 4.98 Å². The van der Waals surface area contributed by atoms with E-state index in [4.69, 9.17) is 16.1 Å². The number of thiazole rings is 1. The molecule has 106 valence electrons. The minimum absolute atomic E-state index is 0.166. The Kier molecular flexibility index (Phi) is 4.93. The van der Waals surface area contributed by atoms with Crippen molar-refractivity contribution in [2.75, 3.05) is 13.1 Å². The van der Waals surface area contributed by atoms with Gasteiger partial charge < -0.3 is 5.73 Å². The smallest absolute Gasteiger partial charge is 0.135 e. The van der Waals surface area contributed by atoms with Gasteiger partial charge in [0.2, 0.25) is 0 Å². The van der Waals surface area contributed by atoms with Crippen LogP contribution in [0.3, 0.4) is 0 Å². The molecule has 4 nitrogen and oxygen atoms in total. The van der Waals surface area contributed by atoms with Crippen LogP contribution in [0.15, 0.2) is 0 Å². The molecule has 2 rings (SSSR count). The van der Waals surface area contributed by atoms with Crippen LogP contribution in [0, 0.1) is 11.3 Å². The standard InChI is InChI=1S/C14H24N4S/c1-3-4-11-13(14(15)16)19-12(17-11)9-18-7-5-10(2)6-8-18/h10H,3-9H2,1-2H3,(H3,15,16). The van der Waals surface area contributed by atoms with Gasteiger partial charge in [-0.05, 0) is 38.3 Å². The van der Waals surface area contributed by atoms with Crippen LogP contribution in [0.4, 0.5) is 0 Å². The van der Waals surface area contributed by atoms with Crippen LogP contribution in [-0.4, -0.2) is 28.8 Å². The van der Waals surface area contributed by atoms with E-state index in [2.05, 4.69) is 18.7 Å². The van der Waals surface area contributed by atoms with E-state index in [1.807, 2.05) is 0 Å². The topological polar surface area (TPSA) is 66.0 Å². The number of nitrogen functional groups attached to an aromatic ring is 1. The summed E-state index contributed by atoms with van der Waals surface area (Å²) >= 11 is 1.60. The molecule has 1 saturated heterocycles. The lowest BCUT2D eigenvalue weighted by molar-refractivity contribution is 0.185. The van der Waals surface area contributed by atoms with Gasteiger partial charge in [0.15, 0.2) is 0 Å². The van der Waals surface area contributed by atoms with Crippen molar-refractivity contribution >= 4 is 17.2 Å². The van der Waals surface area contributed by atoms with Crippen LogP contribution in [0.1, 0.15) is 48.7 Å². The van der Waals surface area contributed by atoms with Crippen molar-refractivity contribution in [3.05, 3.63) is 15.6 Å². The van der Waals surface area contributed by atoms with Gasteiger partial charge in [-0.2, -0.15) is 0 Å². The van der Waals surface area contributed by atoms with E-state index in [0.717, 1.165) is 40.9 Å². The largest absolute Gasteiger partial charge is 0.383 e. The van der Waals surface area contributed by atoms with E-state index < -0.39 is 0 Å². The molecule has 1 fully saturated rings. The lowest BCUT2D eigenvalue weighted by Gasteiger charge is -2.29. The lowest BCUT2D eigenvalue weighted by atomic mass is 9.99. The van der Waals surface area contributed by atoms with Crippen LogP contribution in [0.25, 0.3) is 0 Å². The highest BCUT2D eigenvalue weighted by Crippen LogP contribution is 2.23. The molecule has 1 aliphatic rings. The maximum absolute atomic E-state index is 7.65. The lowest BCUT2D eigenvalue weighted by Crippen LogP contribution is -2.32. The van der Waals surface area contributed by atoms with E-state index in [9.17, 15) is 0 Å². The molecule has 0 unspecified atom stereocenters. The number of nitrogens with zero attached hydrogens (tertiary/aromatic N) is 2. The molecule has 0 spiro atoms. The highest BCUT2D eigenvalue weighted by molar-refractivity contribution is 7.13. The molecule has 0 aliphatic carbocycles. The Hall–Kier alpha value is -0.940. The number of amidine groups is 1. The zero-order chi connectivity index (χ0) is 13.8. The third-order valence-electron chi connectivity index (χ3n) is 3.71. The van der Waals surface area contributed by atoms with Gasteiger partial charge in [-0.3, -0.25) is 10.3 Å². The van der Waals surface area contributed by atoms with Crippen molar-refractivity contribution in [3.63, 3.8) is 0 Å². The second kappa shape index (κ2) is 6.48. The Morgan fingerprint density at radius 3 is 2.74 bits per heavy atom. The molecule has 0 aromatic carbocycles. The Balaban J connectivity index is 2.04. The molecule has 1 aromatic rings. The molecular weight excluding hydrogens is 256 g/mol. The fourth-order valence-corrected chi connectivity index (χ4v) is 3.51. The molecule has 0 atom stereocenters. The summed E-state index contributed by atoms with van der Waals surface area (Å²) in [5, 5.41) is 8.76. The zero-order valence-electron chi connectivity index (χ0n) is 11.9. The predicted octanol–water partition coefficient (Wildman–Crippen LogP) is 2.61. The van der Waals surface area contributed by atoms with Gasteiger partial charge in [0.05, 0.1) is 17.1 Å². The predicted molar refractivity (Wildman–Crippen MR) is 80.8 cm³/mol. The highest BCUT2D eigenvalue weighted by Gasteiger charge is 2.19. The maximum Gasteiger partial charge on any atom is 0.135 e. The Bertz CT molecular complexity index is 433. The number of hydrogen-bond donors (Lipinski definition) is 2. The van der Waals surface area contributed by atoms with Gasteiger partial charge >= 0.3 is 0 Å². The van der Waals surface area contributed by atoms with E-state index >= 15 is 0 Å². The first-order valence-corrected chi connectivity index (χ1v) is 7.97. The van der Waals surface area contributed by atoms with Gasteiger partial charge in [-0.15, -0.1) is 11.3 Å². The van der Waals surface area contributed by atoms with Gasteiger partial charge in [0, 0.05) is 0 Å². The van der Waals surface area contributed by atoms with Crippen molar-refractivity contribution < 1.29 is 0 Å². The molecule has 0 radical (unpaired) electrons. The van der Waals surface area contributed by atoms with E-state index in [-0.39, 0.29) is 5.84 Å². The van der Waals surface area contributed by atoms with Crippen LogP contribution in [0.5, 0.6) is 0 Å². The first kappa shape index (κ1) is 14.5. The third kappa shape index (κ3) is 3.76. The molecule has 19 heavy (non-hydrogen) atoms. The number of nitrogens with one attached hydrogen (secondary N) is 1. The molecule has 0 amide bonds. The third-order valence-corrected chi connectivity index (χ3v) is 4.82. The van der Waals surface area contributed by atoms with E-state index in [1.165, 1.54) is 25.9 Å². The highest BCUT2D eigenvalue weighted by atomic mass is 32.1. The SMILES string of the molecule is CCCc1nc(CN2CCC(C)CC2)sc1C(=N)N. The number of piperidine rings is 1. The van der Waals surface area contributed by atoms with Gasteiger partial charge in [-0.1, -0.05) is 20.3 Å². The molecule has 1 aliphatic heterocycles. The summed E-state index contributed by atoms with van der Waals surface area (Å²) in [7, 11) is 0. The van der Waals surface area contributed by atoms with Crippen LogP contribution < -0.4 is 5.73 Å². The van der Waals surface area contributed by atoms with Crippen molar-refractivity contribution in [1.29, 1.82) is 5.41 Å². The molecule has 3 N–H and O–H groups in total. The van der Waals surface area contributed by atoms with Gasteiger partial charge in [0.1, 0.15) is 10.8 Å². The first-order chi connectivity index (χ1) is 9.10. The van der Waals surface area contributed by atoms with Gasteiger partial charge in [0.25, 0.3) is 0 Å². The van der Waals surface area contributed by atoms with Crippen molar-refractivity contribution in [2.24, 2.45) is 11.7 Å². The first-order valence-electron chi connectivity index (χ1n) is 7.15. The van der Waals surface area contributed by atoms with E-state index in [0.29, 0.717) is 0 Å². The number of rotatable bonds is 5. The Labute approximate surface area is 119 Å². The summed E-state index contributed by atoms with van der Waals surface area (Å²) in [6, 6.07) is 0. The number of aryl methyl sites for hydroxylation is 1. The maximum atomic E-state index is 7.65. The quantitative estimate of drug-likeness (QED) is 0.643. The minimum atomic E-state index is 0.166. The van der Waals surface area contributed by atoms with Crippen molar-refractivity contribution in [1.82, 2.24) is 9.88 Å². The van der Waals surface area contributed by atoms with E-state index in [1.54, 1.807) is 11.3 Å². The number of aromatic nitrogens is 1.